The van der Waals surface area contributed by atoms with Gasteiger partial charge in [0.1, 0.15) is 30.7 Å². The van der Waals surface area contributed by atoms with Crippen molar-refractivity contribution in [3.8, 4) is 0 Å². The highest BCUT2D eigenvalue weighted by atomic mass is 16.4. The molecule has 0 bridgehead atoms. The van der Waals surface area contributed by atoms with E-state index >= 15 is 0 Å². The normalized spacial score (nSPS) is 15.1. The Morgan fingerprint density at radius 2 is 0.701 bits per heavy atom. The van der Waals surface area contributed by atoms with Gasteiger partial charge in [0.2, 0.25) is 17.7 Å². The summed E-state index contributed by atoms with van der Waals surface area (Å²) in [6.07, 6.45) is 1.71. The van der Waals surface area contributed by atoms with Gasteiger partial charge in [0.25, 0.3) is 0 Å². The maximum absolute atomic E-state index is 12.1. The lowest BCUT2D eigenvalue weighted by Gasteiger charge is -2.24. The smallest absolute Gasteiger partial charge is 0.326 e. The molecular formula is C65H118N16O16. The number of hydrogen-bond acceptors (Lipinski definition) is 25. The van der Waals surface area contributed by atoms with E-state index in [0.717, 1.165) is 11.1 Å². The predicted molar refractivity (Wildman–Crippen MR) is 371 cm³/mol. The molecule has 0 fully saturated rings. The number of carbonyl (C=O) groups is 12. The molecule has 0 unspecified atom stereocenters. The number of carboxylic acid groups (broad SMARTS) is 4. The van der Waals surface area contributed by atoms with Crippen molar-refractivity contribution >= 4 is 70.5 Å². The lowest BCUT2D eigenvalue weighted by Crippen LogP contribution is -2.58. The fraction of sp³-hybridized carbons (Fsp3) is 0.631. The van der Waals surface area contributed by atoms with Gasteiger partial charge in [-0.25, -0.2) is 4.79 Å². The van der Waals surface area contributed by atoms with Gasteiger partial charge >= 0.3 is 23.9 Å². The van der Waals surface area contributed by atoms with Crippen LogP contribution in [0, 0.1) is 47.3 Å². The molecule has 14 atom stereocenters. The van der Waals surface area contributed by atoms with Crippen LogP contribution in [0.1, 0.15) is 112 Å². The standard InChI is InChI=1S/C15H29N3O4.2C13H18N2O3.C9H20N2O.C8H16N4O4.C7H17N3O/c1-7(2)9(5)6-10(19)11(16)12(17)14(20)18-13(8(3)4)15(21)22;2*14-8-11(15)12(16)7-10(13(17)18)6-9-4-2-1-3-5-9;1-6(2)7(3)4-9(12)8(11)5-10;1-2-11-7(15)5(9)6(10)8(16)12-3-4(13)14;1-5(3-8)2-7(11)6(10)4-9/h7-9,11-13H,6,16-17H2,1-5H3,(H,18,20)(H,21,22);2*1-5,10-11H,6-8,14-15H2,(H,17,18);6-8H,4-5,10-11H2,1-3H3;5-6H,2-3,9-10H2,1H3,(H,11,15)(H,12,16)(H,13,14);5-6H,2-4,8-10H2,1H3/t9-,11+,12-,13-;2*10-,11+;7-,8-;2*5-,6+/m010001/s1. The molecule has 2 rings (SSSR count). The van der Waals surface area contributed by atoms with Crippen LogP contribution in [0.4, 0.5) is 0 Å². The Morgan fingerprint density at radius 1 is 0.381 bits per heavy atom. The van der Waals surface area contributed by atoms with E-state index in [1.165, 1.54) is 0 Å². The highest BCUT2D eigenvalue weighted by molar-refractivity contribution is 5.95. The third-order valence-corrected chi connectivity index (χ3v) is 15.2. The van der Waals surface area contributed by atoms with Crippen molar-refractivity contribution in [2.45, 2.75) is 169 Å². The van der Waals surface area contributed by atoms with E-state index in [2.05, 4.69) is 31.4 Å². The number of Topliss-reactive ketones (excluding diaryl/α,β-unsaturated/α-hetero) is 5. The van der Waals surface area contributed by atoms with E-state index < -0.39 is 114 Å². The number of aliphatic carboxylic acids is 4. The van der Waals surface area contributed by atoms with Crippen molar-refractivity contribution in [1.29, 1.82) is 0 Å². The Morgan fingerprint density at radius 3 is 0.990 bits per heavy atom. The number of ketones is 5. The Bertz CT molecular complexity index is 2580. The van der Waals surface area contributed by atoms with E-state index in [0.29, 0.717) is 56.5 Å². The summed E-state index contributed by atoms with van der Waals surface area (Å²) in [7, 11) is 0. The van der Waals surface area contributed by atoms with Crippen molar-refractivity contribution in [3.63, 3.8) is 0 Å². The van der Waals surface area contributed by atoms with Crippen LogP contribution in [-0.4, -0.2) is 191 Å². The van der Waals surface area contributed by atoms with Crippen molar-refractivity contribution < 1.29 is 78.0 Å². The molecule has 0 heterocycles. The number of benzene rings is 2. The molecule has 2 aromatic carbocycles. The van der Waals surface area contributed by atoms with Gasteiger partial charge in [0, 0.05) is 64.8 Å². The average Bonchev–Trinajstić information content (AvgIpc) is 1.57. The summed E-state index contributed by atoms with van der Waals surface area (Å²) in [5, 5.41) is 42.4. The summed E-state index contributed by atoms with van der Waals surface area (Å²) in [5.41, 5.74) is 72.3. The molecule has 33 N–H and O–H groups in total. The highest BCUT2D eigenvalue weighted by Crippen LogP contribution is 2.18. The molecule has 0 aromatic heterocycles. The Kier molecular flexibility index (Phi) is 53.0. The maximum atomic E-state index is 12.1. The zero-order valence-corrected chi connectivity index (χ0v) is 58.2. The summed E-state index contributed by atoms with van der Waals surface area (Å²) >= 11 is 0. The average molecular weight is 1380 g/mol. The van der Waals surface area contributed by atoms with E-state index in [1.54, 1.807) is 20.8 Å². The first kappa shape index (κ1) is 96.0. The first-order valence-electron chi connectivity index (χ1n) is 32.1. The number of likely N-dealkylation sites (N-methyl/N-ethyl adjacent to an activating group) is 1. The van der Waals surface area contributed by atoms with E-state index in [9.17, 15) is 57.5 Å². The second kappa shape index (κ2) is 53.6. The minimum Gasteiger partial charge on any atom is -0.481 e. The van der Waals surface area contributed by atoms with Crippen LogP contribution in [0.3, 0.4) is 0 Å². The number of carboxylic acids is 4. The molecule has 0 radical (unpaired) electrons. The van der Waals surface area contributed by atoms with E-state index in [1.807, 2.05) is 93.7 Å². The van der Waals surface area contributed by atoms with Crippen LogP contribution in [0.2, 0.25) is 0 Å². The number of nitrogens with two attached hydrogens (primary N) is 13. The van der Waals surface area contributed by atoms with Crippen LogP contribution in [0.5, 0.6) is 0 Å². The number of hydrogen-bond donors (Lipinski definition) is 20. The van der Waals surface area contributed by atoms with Crippen LogP contribution in [0.15, 0.2) is 60.7 Å². The van der Waals surface area contributed by atoms with Crippen LogP contribution in [0.25, 0.3) is 0 Å². The molecule has 97 heavy (non-hydrogen) atoms. The largest absolute Gasteiger partial charge is 0.481 e. The quantitative estimate of drug-likeness (QED) is 0.0313. The maximum Gasteiger partial charge on any atom is 0.326 e. The minimum atomic E-state index is -1.27. The zero-order valence-electron chi connectivity index (χ0n) is 58.2. The third kappa shape index (κ3) is 44.2. The second-order valence-corrected chi connectivity index (χ2v) is 24.6. The number of carbonyl (C=O) groups excluding carboxylic acids is 8. The SMILES string of the molecule is CC(C)[C@@H](C)CC(=O)[C@@H](N)CN.CC(C)[C@H](NC(=O)[C@@H](N)[C@H](N)C(=O)C[C@H](C)C(C)C)C(=O)O.CCNC(=O)[C@@H](N)[C@@H](N)C(=O)NCC(=O)O.C[C@@H](CN)CC(=O)[C@@H](N)CN.NC[C@@H](N)C(=O)C[C@H](Cc1ccccc1)C(=O)O.NC[C@H](N)C(=O)C[C@@H](Cc1ccccc1)C(=O)O. The molecule has 3 amide bonds. The molecule has 2 aromatic rings. The van der Waals surface area contributed by atoms with Crippen LogP contribution < -0.4 is 90.5 Å². The zero-order chi connectivity index (χ0) is 76.0. The summed E-state index contributed by atoms with van der Waals surface area (Å²) in [5.74, 6) is -7.42. The molecule has 554 valence electrons. The first-order valence-corrected chi connectivity index (χ1v) is 32.1. The van der Waals surface area contributed by atoms with Gasteiger partial charge in [-0.05, 0) is 72.9 Å². The molecular weight excluding hydrogens is 1260 g/mol. The summed E-state index contributed by atoms with van der Waals surface area (Å²) in [6.45, 7) is 20.0. The van der Waals surface area contributed by atoms with Crippen molar-refractivity contribution in [3.05, 3.63) is 71.8 Å². The fourth-order valence-electron chi connectivity index (χ4n) is 7.60. The predicted octanol–water partition coefficient (Wildman–Crippen LogP) is -3.20. The van der Waals surface area contributed by atoms with E-state index in [4.69, 9.17) is 95.0 Å². The topological polar surface area (TPSA) is 660 Å². The number of amides is 3. The Labute approximate surface area is 570 Å². The van der Waals surface area contributed by atoms with Gasteiger partial charge in [-0.2, -0.15) is 0 Å². The second-order valence-electron chi connectivity index (χ2n) is 24.6. The molecule has 32 heteroatoms. The van der Waals surface area contributed by atoms with Gasteiger partial charge in [-0.3, -0.25) is 52.7 Å². The monoisotopic (exact) mass is 1380 g/mol. The van der Waals surface area contributed by atoms with Crippen molar-refractivity contribution in [2.75, 3.05) is 45.8 Å². The van der Waals surface area contributed by atoms with Gasteiger partial charge < -0.3 is 111 Å². The Balaban J connectivity index is -0.000000542. The van der Waals surface area contributed by atoms with Crippen LogP contribution in [-0.2, 0) is 70.4 Å². The van der Waals surface area contributed by atoms with Gasteiger partial charge in [-0.1, -0.05) is 123 Å². The summed E-state index contributed by atoms with van der Waals surface area (Å²) < 4.78 is 0. The number of nitrogens with one attached hydrogen (secondary N) is 3. The molecule has 0 saturated heterocycles. The Hall–Kier alpha value is -7.44. The molecule has 32 nitrogen and oxygen atoms in total. The third-order valence-electron chi connectivity index (χ3n) is 15.2. The molecule has 0 aliphatic rings. The lowest BCUT2D eigenvalue weighted by atomic mass is 9.89. The molecule has 0 aliphatic carbocycles. The van der Waals surface area contributed by atoms with Crippen LogP contribution >= 0.6 is 0 Å². The minimum absolute atomic E-state index is 0.00505. The summed E-state index contributed by atoms with van der Waals surface area (Å²) in [6, 6.07) is 9.95. The number of rotatable bonds is 39. The van der Waals surface area contributed by atoms with Gasteiger partial charge in [0.05, 0.1) is 42.0 Å². The fourth-order valence-corrected chi connectivity index (χ4v) is 7.60. The van der Waals surface area contributed by atoms with Gasteiger partial charge in [0.15, 0.2) is 28.9 Å². The lowest BCUT2D eigenvalue weighted by molar-refractivity contribution is -0.144. The highest BCUT2D eigenvalue weighted by Gasteiger charge is 2.33. The van der Waals surface area contributed by atoms with Gasteiger partial charge in [-0.15, -0.1) is 0 Å². The molecule has 0 spiro atoms. The first-order chi connectivity index (χ1) is 45.1. The molecule has 0 aliphatic heterocycles. The molecule has 0 saturated carbocycles. The van der Waals surface area contributed by atoms with Crippen molar-refractivity contribution in [2.24, 2.45) is 122 Å². The van der Waals surface area contributed by atoms with E-state index in [-0.39, 0.29) is 92.1 Å². The summed E-state index contributed by atoms with van der Waals surface area (Å²) in [4.78, 5) is 136. The van der Waals surface area contributed by atoms with Crippen molar-refractivity contribution in [1.82, 2.24) is 16.0 Å².